The van der Waals surface area contributed by atoms with Crippen LogP contribution in [0.5, 0.6) is 0 Å². The Morgan fingerprint density at radius 2 is 2.06 bits per heavy atom. The van der Waals surface area contributed by atoms with Crippen LogP contribution in [0.2, 0.25) is 0 Å². The lowest BCUT2D eigenvalue weighted by molar-refractivity contribution is -0.123. The first kappa shape index (κ1) is 14.5. The molecule has 0 aromatic rings. The Morgan fingerprint density at radius 3 is 2.59 bits per heavy atom. The summed E-state index contributed by atoms with van der Waals surface area (Å²) in [6.07, 6.45) is 4.90. The fourth-order valence-corrected chi connectivity index (χ4v) is 2.29. The van der Waals surface area contributed by atoms with Crippen LogP contribution in [0.3, 0.4) is 0 Å². The van der Waals surface area contributed by atoms with Gasteiger partial charge in [-0.15, -0.1) is 0 Å². The first-order valence-electron chi connectivity index (χ1n) is 6.47. The third-order valence-corrected chi connectivity index (χ3v) is 3.71. The highest BCUT2D eigenvalue weighted by Gasteiger charge is 2.27. The number of nitrogens with one attached hydrogen (secondary N) is 1. The molecule has 0 aromatic heterocycles. The van der Waals surface area contributed by atoms with E-state index in [4.69, 9.17) is 10.5 Å². The maximum atomic E-state index is 11.6. The molecule has 0 radical (unpaired) electrons. The van der Waals surface area contributed by atoms with Crippen LogP contribution in [0.15, 0.2) is 0 Å². The molecule has 0 heterocycles. The molecular formula is C13H26N2O2. The summed E-state index contributed by atoms with van der Waals surface area (Å²) in [4.78, 5) is 11.6. The largest absolute Gasteiger partial charge is 0.383 e. The fraction of sp³-hybridized carbons (Fsp3) is 0.923. The molecule has 3 N–H and O–H groups in total. The Kier molecular flexibility index (Phi) is 5.40. The number of carbonyl (C=O) groups is 1. The summed E-state index contributed by atoms with van der Waals surface area (Å²) in [7, 11) is 1.55. The van der Waals surface area contributed by atoms with Crippen molar-refractivity contribution in [1.29, 1.82) is 0 Å². The van der Waals surface area contributed by atoms with Gasteiger partial charge in [0, 0.05) is 13.7 Å². The Hall–Kier alpha value is -0.610. The highest BCUT2D eigenvalue weighted by molar-refractivity contribution is 5.81. The van der Waals surface area contributed by atoms with Gasteiger partial charge >= 0.3 is 0 Å². The summed E-state index contributed by atoms with van der Waals surface area (Å²) >= 11 is 0. The molecule has 0 spiro atoms. The van der Waals surface area contributed by atoms with Gasteiger partial charge in [0.15, 0.2) is 0 Å². The molecule has 1 aliphatic rings. The average Bonchev–Trinajstić information content (AvgIpc) is 2.27. The average molecular weight is 242 g/mol. The van der Waals surface area contributed by atoms with Crippen LogP contribution < -0.4 is 11.1 Å². The third-order valence-electron chi connectivity index (χ3n) is 3.71. The first-order valence-corrected chi connectivity index (χ1v) is 6.47. The number of methoxy groups -OCH3 is 1. The van der Waals surface area contributed by atoms with E-state index in [-0.39, 0.29) is 12.5 Å². The topological polar surface area (TPSA) is 64.3 Å². The lowest BCUT2D eigenvalue weighted by Crippen LogP contribution is -2.45. The molecule has 1 rings (SSSR count). The minimum absolute atomic E-state index is 0.100. The Balaban J connectivity index is 2.21. The molecule has 1 unspecified atom stereocenters. The van der Waals surface area contributed by atoms with Gasteiger partial charge in [-0.3, -0.25) is 4.79 Å². The van der Waals surface area contributed by atoms with Crippen LogP contribution >= 0.6 is 0 Å². The summed E-state index contributed by atoms with van der Waals surface area (Å²) in [5.41, 5.74) is 6.13. The van der Waals surface area contributed by atoms with E-state index < -0.39 is 6.04 Å². The molecular weight excluding hydrogens is 216 g/mol. The first-order chi connectivity index (χ1) is 7.94. The summed E-state index contributed by atoms with van der Waals surface area (Å²) < 4.78 is 4.86. The monoisotopic (exact) mass is 242 g/mol. The smallest absolute Gasteiger partial charge is 0.239 e. The van der Waals surface area contributed by atoms with Gasteiger partial charge in [0.1, 0.15) is 6.04 Å². The predicted molar refractivity (Wildman–Crippen MR) is 68.6 cm³/mol. The molecule has 1 fully saturated rings. The normalized spacial score (nSPS) is 22.1. The summed E-state index contributed by atoms with van der Waals surface area (Å²) in [5.74, 6) is 0.512. The van der Waals surface area contributed by atoms with Crippen molar-refractivity contribution >= 4 is 5.91 Å². The van der Waals surface area contributed by atoms with Crippen LogP contribution in [-0.2, 0) is 9.53 Å². The lowest BCUT2D eigenvalue weighted by atomic mass is 9.73. The molecule has 1 atom stereocenters. The Labute approximate surface area is 104 Å². The van der Waals surface area contributed by atoms with Crippen molar-refractivity contribution in [2.75, 3.05) is 20.3 Å². The van der Waals surface area contributed by atoms with Gasteiger partial charge in [-0.05, 0) is 37.0 Å². The molecule has 1 aliphatic carbocycles. The van der Waals surface area contributed by atoms with Gasteiger partial charge in [0.05, 0.1) is 6.61 Å². The number of carbonyl (C=O) groups excluding carboxylic acids is 1. The number of amides is 1. The number of nitrogens with two attached hydrogens (primary N) is 1. The quantitative estimate of drug-likeness (QED) is 0.763. The van der Waals surface area contributed by atoms with E-state index in [1.54, 1.807) is 7.11 Å². The number of rotatable bonds is 5. The highest BCUT2D eigenvalue weighted by atomic mass is 16.5. The second-order valence-corrected chi connectivity index (χ2v) is 5.91. The minimum atomic E-state index is -0.542. The van der Waals surface area contributed by atoms with E-state index in [1.165, 1.54) is 25.7 Å². The van der Waals surface area contributed by atoms with Gasteiger partial charge in [-0.25, -0.2) is 0 Å². The zero-order valence-corrected chi connectivity index (χ0v) is 11.3. The van der Waals surface area contributed by atoms with Gasteiger partial charge < -0.3 is 15.8 Å². The molecule has 17 heavy (non-hydrogen) atoms. The third kappa shape index (κ3) is 5.04. The van der Waals surface area contributed by atoms with E-state index in [9.17, 15) is 4.79 Å². The van der Waals surface area contributed by atoms with E-state index in [2.05, 4.69) is 19.2 Å². The van der Waals surface area contributed by atoms with Crippen LogP contribution in [0.4, 0.5) is 0 Å². The van der Waals surface area contributed by atoms with Gasteiger partial charge in [-0.1, -0.05) is 13.8 Å². The standard InChI is InChI=1S/C13H26N2O2/c1-13(2)6-4-10(5-7-13)8-15-12(16)11(14)9-17-3/h10-11H,4-9,14H2,1-3H3,(H,15,16). The lowest BCUT2D eigenvalue weighted by Gasteiger charge is -2.34. The van der Waals surface area contributed by atoms with Gasteiger partial charge in [0.2, 0.25) is 5.91 Å². The Bertz CT molecular complexity index is 244. The van der Waals surface area contributed by atoms with Crippen molar-refractivity contribution in [2.24, 2.45) is 17.1 Å². The second kappa shape index (κ2) is 6.36. The molecule has 0 saturated heterocycles. The van der Waals surface area contributed by atoms with Crippen molar-refractivity contribution in [3.05, 3.63) is 0 Å². The minimum Gasteiger partial charge on any atom is -0.383 e. The Morgan fingerprint density at radius 1 is 1.47 bits per heavy atom. The van der Waals surface area contributed by atoms with Crippen molar-refractivity contribution in [1.82, 2.24) is 5.32 Å². The zero-order chi connectivity index (χ0) is 12.9. The van der Waals surface area contributed by atoms with Crippen LogP contribution in [-0.4, -0.2) is 32.2 Å². The van der Waals surface area contributed by atoms with E-state index in [0.717, 1.165) is 6.54 Å². The van der Waals surface area contributed by atoms with Crippen molar-refractivity contribution in [2.45, 2.75) is 45.6 Å². The molecule has 4 nitrogen and oxygen atoms in total. The number of ether oxygens (including phenoxy) is 1. The molecule has 0 aliphatic heterocycles. The fourth-order valence-electron chi connectivity index (χ4n) is 2.29. The summed E-state index contributed by atoms with van der Waals surface area (Å²) in [6.45, 7) is 5.67. The molecule has 1 saturated carbocycles. The SMILES string of the molecule is COCC(N)C(=O)NCC1CCC(C)(C)CC1. The molecule has 0 bridgehead atoms. The van der Waals surface area contributed by atoms with E-state index >= 15 is 0 Å². The zero-order valence-electron chi connectivity index (χ0n) is 11.3. The number of hydrogen-bond acceptors (Lipinski definition) is 3. The van der Waals surface area contributed by atoms with Crippen molar-refractivity contribution in [3.8, 4) is 0 Å². The molecule has 1 amide bonds. The van der Waals surface area contributed by atoms with Crippen LogP contribution in [0, 0.1) is 11.3 Å². The summed E-state index contributed by atoms with van der Waals surface area (Å²) in [5, 5.41) is 2.92. The van der Waals surface area contributed by atoms with Gasteiger partial charge in [0.25, 0.3) is 0 Å². The molecule has 0 aromatic carbocycles. The summed E-state index contributed by atoms with van der Waals surface area (Å²) in [6, 6.07) is -0.542. The maximum absolute atomic E-state index is 11.6. The van der Waals surface area contributed by atoms with Gasteiger partial charge in [-0.2, -0.15) is 0 Å². The van der Waals surface area contributed by atoms with E-state index in [0.29, 0.717) is 11.3 Å². The molecule has 100 valence electrons. The maximum Gasteiger partial charge on any atom is 0.239 e. The van der Waals surface area contributed by atoms with E-state index in [1.807, 2.05) is 0 Å². The second-order valence-electron chi connectivity index (χ2n) is 5.91. The molecule has 4 heteroatoms. The predicted octanol–water partition coefficient (Wildman–Crippen LogP) is 1.29. The van der Waals surface area contributed by atoms with Crippen molar-refractivity contribution in [3.63, 3.8) is 0 Å². The highest BCUT2D eigenvalue weighted by Crippen LogP contribution is 2.37. The number of hydrogen-bond donors (Lipinski definition) is 2. The van der Waals surface area contributed by atoms with Crippen LogP contribution in [0.25, 0.3) is 0 Å². The van der Waals surface area contributed by atoms with Crippen molar-refractivity contribution < 1.29 is 9.53 Å². The van der Waals surface area contributed by atoms with Crippen LogP contribution in [0.1, 0.15) is 39.5 Å².